The predicted molar refractivity (Wildman–Crippen MR) is 114 cm³/mol. The van der Waals surface area contributed by atoms with Crippen LogP contribution in [0.5, 0.6) is 5.75 Å². The Morgan fingerprint density at radius 3 is 2.18 bits per heavy atom. The molecule has 0 spiro atoms. The molecule has 2 amide bonds. The van der Waals surface area contributed by atoms with Gasteiger partial charge in [0.2, 0.25) is 11.8 Å². The molecular formula is C21H16ClN2O8P. The second-order valence-electron chi connectivity index (χ2n) is 8.28. The van der Waals surface area contributed by atoms with Crippen LogP contribution >= 0.6 is 19.4 Å². The van der Waals surface area contributed by atoms with Crippen molar-refractivity contribution in [2.24, 2.45) is 22.9 Å². The maximum Gasteiger partial charge on any atom is 0.524 e. The molecule has 2 aromatic carbocycles. The number of nitrogens with zero attached hydrogens (tertiary/aromatic N) is 2. The van der Waals surface area contributed by atoms with E-state index >= 15 is 0 Å². The minimum absolute atomic E-state index is 0.0819. The van der Waals surface area contributed by atoms with Crippen LogP contribution in [-0.2, 0) is 23.7 Å². The van der Waals surface area contributed by atoms with E-state index < -0.39 is 43.9 Å². The average Bonchev–Trinajstić information content (AvgIpc) is 3.49. The zero-order valence-electron chi connectivity index (χ0n) is 16.6. The monoisotopic (exact) mass is 490 g/mol. The summed E-state index contributed by atoms with van der Waals surface area (Å²) in [6, 6.07) is 12.5. The fraction of sp³-hybridized carbons (Fsp3) is 0.286. The normalized spacial score (nSPS) is 32.0. The molecule has 0 radical (unpaired) electrons. The summed E-state index contributed by atoms with van der Waals surface area (Å²) in [6.45, 7) is 0. The molecule has 33 heavy (non-hydrogen) atoms. The largest absolute Gasteiger partial charge is 0.524 e. The Bertz CT molecular complexity index is 1240. The smallest absolute Gasteiger partial charge is 0.404 e. The number of fused-ring (bicyclic) bond motifs is 8. The van der Waals surface area contributed by atoms with E-state index in [2.05, 4.69) is 9.68 Å². The fourth-order valence-electron chi connectivity index (χ4n) is 5.26. The standard InChI is InChI=1S/C21H16ClN2O8P/c22-10-3-1-9(2-4-10)16-15-17-13-14(18(30-17)19(15)31-23-16)21(26)24(20(13)25)11-5-7-12(8-6-11)32-33(27,28)29/h1-8,13-15,17-19H,(H2,27,28,29). The summed E-state index contributed by atoms with van der Waals surface area (Å²) in [6.07, 6.45) is -1.62. The zero-order valence-corrected chi connectivity index (χ0v) is 18.3. The number of ether oxygens (including phenoxy) is 1. The summed E-state index contributed by atoms with van der Waals surface area (Å²) in [7, 11) is -4.72. The number of oxime groups is 1. The lowest BCUT2D eigenvalue weighted by Gasteiger charge is -2.26. The van der Waals surface area contributed by atoms with Crippen LogP contribution in [0.25, 0.3) is 0 Å². The Labute approximate surface area is 191 Å². The maximum absolute atomic E-state index is 13.3. The number of hydrogen-bond donors (Lipinski definition) is 2. The minimum atomic E-state index is -4.72. The number of phosphoric acid groups is 1. The van der Waals surface area contributed by atoms with Gasteiger partial charge in [-0.2, -0.15) is 0 Å². The molecule has 4 aliphatic heterocycles. The molecule has 10 nitrogen and oxygen atoms in total. The molecule has 6 rings (SSSR count). The fourth-order valence-corrected chi connectivity index (χ4v) is 5.79. The number of carbonyl (C=O) groups excluding carboxylic acids is 2. The van der Waals surface area contributed by atoms with Crippen molar-refractivity contribution in [3.8, 4) is 5.75 Å². The SMILES string of the molecule is O=C1C2C3OC(C4C(c5ccc(Cl)cc5)=NOC34)C2C(=O)N1c1ccc(OP(=O)(O)O)cc1. The van der Waals surface area contributed by atoms with Crippen molar-refractivity contribution in [2.45, 2.75) is 18.3 Å². The first-order valence-corrected chi connectivity index (χ1v) is 12.0. The first-order valence-electron chi connectivity index (χ1n) is 10.1. The van der Waals surface area contributed by atoms with E-state index in [-0.39, 0.29) is 23.3 Å². The van der Waals surface area contributed by atoms with E-state index in [9.17, 15) is 14.2 Å². The predicted octanol–water partition coefficient (Wildman–Crippen LogP) is 2.12. The third kappa shape index (κ3) is 3.13. The van der Waals surface area contributed by atoms with E-state index in [1.54, 1.807) is 12.1 Å². The quantitative estimate of drug-likeness (QED) is 0.491. The van der Waals surface area contributed by atoms with Crippen LogP contribution in [0.1, 0.15) is 5.56 Å². The van der Waals surface area contributed by atoms with Crippen molar-refractivity contribution >= 4 is 42.6 Å². The molecule has 4 aliphatic rings. The van der Waals surface area contributed by atoms with E-state index in [1.807, 2.05) is 12.1 Å². The molecule has 2 aromatic rings. The molecule has 3 fully saturated rings. The number of anilines is 1. The molecule has 3 saturated heterocycles. The number of halogens is 1. The molecule has 4 heterocycles. The van der Waals surface area contributed by atoms with Gasteiger partial charge >= 0.3 is 7.82 Å². The molecule has 170 valence electrons. The van der Waals surface area contributed by atoms with Gasteiger partial charge < -0.3 is 14.1 Å². The maximum atomic E-state index is 13.3. The van der Waals surface area contributed by atoms with Crippen LogP contribution in [0, 0.1) is 17.8 Å². The summed E-state index contributed by atoms with van der Waals surface area (Å²) in [4.78, 5) is 51.2. The highest BCUT2D eigenvalue weighted by atomic mass is 35.5. The van der Waals surface area contributed by atoms with E-state index in [0.717, 1.165) is 10.5 Å². The Morgan fingerprint density at radius 1 is 0.909 bits per heavy atom. The van der Waals surface area contributed by atoms with Gasteiger partial charge in [-0.25, -0.2) is 9.46 Å². The van der Waals surface area contributed by atoms with Gasteiger partial charge in [0.15, 0.2) is 6.10 Å². The third-order valence-electron chi connectivity index (χ3n) is 6.50. The number of imide groups is 1. The summed E-state index contributed by atoms with van der Waals surface area (Å²) >= 11 is 5.99. The Morgan fingerprint density at radius 2 is 1.55 bits per heavy atom. The zero-order chi connectivity index (χ0) is 23.1. The van der Waals surface area contributed by atoms with E-state index in [0.29, 0.717) is 10.7 Å². The molecule has 6 unspecified atom stereocenters. The number of amides is 2. The Hall–Kier alpha value is -2.75. The van der Waals surface area contributed by atoms with Crippen LogP contribution in [0.3, 0.4) is 0 Å². The van der Waals surface area contributed by atoms with Gasteiger partial charge in [0.1, 0.15) is 11.9 Å². The van der Waals surface area contributed by atoms with Crippen LogP contribution in [0.2, 0.25) is 5.02 Å². The first-order chi connectivity index (χ1) is 15.7. The Balaban J connectivity index is 1.28. The van der Waals surface area contributed by atoms with Gasteiger partial charge in [0.05, 0.1) is 35.3 Å². The molecule has 2 N–H and O–H groups in total. The first kappa shape index (κ1) is 20.8. The second-order valence-corrected chi connectivity index (χ2v) is 9.88. The molecule has 2 bridgehead atoms. The highest BCUT2D eigenvalue weighted by Crippen LogP contribution is 2.55. The summed E-state index contributed by atoms with van der Waals surface area (Å²) in [5.74, 6) is -2.51. The van der Waals surface area contributed by atoms with Gasteiger partial charge in [-0.05, 0) is 42.0 Å². The molecule has 0 aromatic heterocycles. The third-order valence-corrected chi connectivity index (χ3v) is 7.20. The molecular weight excluding hydrogens is 475 g/mol. The van der Waals surface area contributed by atoms with Crippen LogP contribution in [0.4, 0.5) is 5.69 Å². The summed E-state index contributed by atoms with van der Waals surface area (Å²) in [5.41, 5.74) is 1.77. The summed E-state index contributed by atoms with van der Waals surface area (Å²) < 4.78 is 21.6. The van der Waals surface area contributed by atoms with Crippen molar-refractivity contribution in [3.63, 3.8) is 0 Å². The van der Waals surface area contributed by atoms with Gasteiger partial charge in [-0.1, -0.05) is 28.9 Å². The highest BCUT2D eigenvalue weighted by Gasteiger charge is 2.72. The van der Waals surface area contributed by atoms with Crippen molar-refractivity contribution < 1.29 is 38.0 Å². The number of hydrogen-bond acceptors (Lipinski definition) is 7. The lowest BCUT2D eigenvalue weighted by Crippen LogP contribution is -2.45. The lowest BCUT2D eigenvalue weighted by molar-refractivity contribution is -0.125. The number of rotatable bonds is 4. The minimum Gasteiger partial charge on any atom is -0.404 e. The molecule has 0 aliphatic carbocycles. The van der Waals surface area contributed by atoms with Gasteiger partial charge in [-0.15, -0.1) is 0 Å². The number of carbonyl (C=O) groups is 2. The van der Waals surface area contributed by atoms with Crippen LogP contribution in [-0.4, -0.2) is 45.6 Å². The number of benzene rings is 2. The number of phosphoric ester groups is 1. The Kier molecular flexibility index (Phi) is 4.50. The highest BCUT2D eigenvalue weighted by molar-refractivity contribution is 7.46. The van der Waals surface area contributed by atoms with Crippen LogP contribution < -0.4 is 9.42 Å². The van der Waals surface area contributed by atoms with E-state index in [4.69, 9.17) is 31.0 Å². The molecule has 12 heteroatoms. The van der Waals surface area contributed by atoms with Crippen molar-refractivity contribution in [1.29, 1.82) is 0 Å². The van der Waals surface area contributed by atoms with Crippen molar-refractivity contribution in [2.75, 3.05) is 4.90 Å². The topological polar surface area (TPSA) is 135 Å². The van der Waals surface area contributed by atoms with Gasteiger partial charge in [0.25, 0.3) is 0 Å². The van der Waals surface area contributed by atoms with Crippen LogP contribution in [0.15, 0.2) is 53.7 Å². The second kappa shape index (κ2) is 7.12. The van der Waals surface area contributed by atoms with Crippen molar-refractivity contribution in [1.82, 2.24) is 0 Å². The lowest BCUT2D eigenvalue weighted by atomic mass is 9.71. The summed E-state index contributed by atoms with van der Waals surface area (Å²) in [5, 5.41) is 4.82. The molecule has 6 atom stereocenters. The van der Waals surface area contributed by atoms with Gasteiger partial charge in [-0.3, -0.25) is 19.4 Å². The molecule has 0 saturated carbocycles. The van der Waals surface area contributed by atoms with Gasteiger partial charge in [0, 0.05) is 5.02 Å². The van der Waals surface area contributed by atoms with Crippen molar-refractivity contribution in [3.05, 3.63) is 59.1 Å². The van der Waals surface area contributed by atoms with E-state index in [1.165, 1.54) is 24.3 Å². The average molecular weight is 491 g/mol.